The summed E-state index contributed by atoms with van der Waals surface area (Å²) in [5.74, 6) is 0.680. The minimum Gasteiger partial charge on any atom is -0.382 e. The van der Waals surface area contributed by atoms with Gasteiger partial charge in [-0.2, -0.15) is 0 Å². The number of hydrogen-bond donors (Lipinski definition) is 3. The lowest BCUT2D eigenvalue weighted by atomic mass is 10.0. The average molecular weight is 371 g/mol. The van der Waals surface area contributed by atoms with Crippen LogP contribution in [0, 0.1) is 0 Å². The summed E-state index contributed by atoms with van der Waals surface area (Å²) in [5.41, 5.74) is 9.00. The SMILES string of the molecule is CCCCNc1cc2cc(CCCCC(=O)NC(C)(C)C)ccc2nc1N. The molecule has 0 spiro atoms. The highest BCUT2D eigenvalue weighted by Crippen LogP contribution is 2.24. The number of carbonyl (C=O) groups excluding carboxylic acids is 1. The molecule has 27 heavy (non-hydrogen) atoms. The monoisotopic (exact) mass is 370 g/mol. The summed E-state index contributed by atoms with van der Waals surface area (Å²) in [6.45, 7) is 9.09. The molecule has 2 rings (SSSR count). The van der Waals surface area contributed by atoms with E-state index in [0.717, 1.165) is 55.2 Å². The molecular formula is C22H34N4O. The normalized spacial score (nSPS) is 11.6. The molecule has 5 nitrogen and oxygen atoms in total. The molecule has 0 aliphatic rings. The number of amides is 1. The van der Waals surface area contributed by atoms with Crippen LogP contribution in [-0.4, -0.2) is 23.0 Å². The molecule has 0 unspecified atom stereocenters. The lowest BCUT2D eigenvalue weighted by Crippen LogP contribution is -2.40. The Morgan fingerprint density at radius 1 is 1.15 bits per heavy atom. The minimum atomic E-state index is -0.160. The van der Waals surface area contributed by atoms with Gasteiger partial charge in [0, 0.05) is 23.9 Å². The summed E-state index contributed by atoms with van der Waals surface area (Å²) in [5, 5.41) is 7.49. The van der Waals surface area contributed by atoms with Gasteiger partial charge in [-0.15, -0.1) is 0 Å². The van der Waals surface area contributed by atoms with Crippen molar-refractivity contribution >= 4 is 28.3 Å². The first-order chi connectivity index (χ1) is 12.8. The Bertz CT molecular complexity index is 765. The molecule has 0 atom stereocenters. The van der Waals surface area contributed by atoms with Crippen molar-refractivity contribution in [2.45, 2.75) is 71.8 Å². The average Bonchev–Trinajstić information content (AvgIpc) is 2.58. The van der Waals surface area contributed by atoms with E-state index < -0.39 is 0 Å². The van der Waals surface area contributed by atoms with Gasteiger partial charge in [-0.25, -0.2) is 4.98 Å². The molecular weight excluding hydrogens is 336 g/mol. The highest BCUT2D eigenvalue weighted by molar-refractivity contribution is 5.86. The van der Waals surface area contributed by atoms with Crippen LogP contribution < -0.4 is 16.4 Å². The largest absolute Gasteiger partial charge is 0.382 e. The van der Waals surface area contributed by atoms with Gasteiger partial charge in [-0.05, 0) is 70.2 Å². The zero-order chi connectivity index (χ0) is 19.9. The number of benzene rings is 1. The number of nitrogen functional groups attached to an aromatic ring is 1. The van der Waals surface area contributed by atoms with E-state index in [9.17, 15) is 4.79 Å². The first-order valence-electron chi connectivity index (χ1n) is 10.0. The highest BCUT2D eigenvalue weighted by atomic mass is 16.1. The van der Waals surface area contributed by atoms with Crippen molar-refractivity contribution in [3.63, 3.8) is 0 Å². The Morgan fingerprint density at radius 2 is 1.93 bits per heavy atom. The summed E-state index contributed by atoms with van der Waals surface area (Å²) in [7, 11) is 0. The van der Waals surface area contributed by atoms with Gasteiger partial charge in [0.2, 0.25) is 5.91 Å². The van der Waals surface area contributed by atoms with Gasteiger partial charge < -0.3 is 16.4 Å². The van der Waals surface area contributed by atoms with E-state index in [0.29, 0.717) is 12.2 Å². The van der Waals surface area contributed by atoms with E-state index in [-0.39, 0.29) is 11.4 Å². The molecule has 148 valence electrons. The van der Waals surface area contributed by atoms with Crippen LogP contribution in [0.25, 0.3) is 10.9 Å². The Hall–Kier alpha value is -2.30. The van der Waals surface area contributed by atoms with Gasteiger partial charge in [0.15, 0.2) is 0 Å². The zero-order valence-corrected chi connectivity index (χ0v) is 17.2. The van der Waals surface area contributed by atoms with E-state index in [1.54, 1.807) is 0 Å². The fourth-order valence-corrected chi connectivity index (χ4v) is 3.03. The van der Waals surface area contributed by atoms with Gasteiger partial charge in [0.05, 0.1) is 11.2 Å². The number of aromatic nitrogens is 1. The molecule has 0 saturated carbocycles. The second kappa shape index (κ2) is 9.58. The van der Waals surface area contributed by atoms with Gasteiger partial charge in [0.1, 0.15) is 5.82 Å². The van der Waals surface area contributed by atoms with Crippen molar-refractivity contribution in [2.75, 3.05) is 17.6 Å². The number of fused-ring (bicyclic) bond motifs is 1. The molecule has 1 aromatic heterocycles. The fourth-order valence-electron chi connectivity index (χ4n) is 3.03. The zero-order valence-electron chi connectivity index (χ0n) is 17.2. The quantitative estimate of drug-likeness (QED) is 0.561. The number of rotatable bonds is 9. The number of anilines is 2. The Morgan fingerprint density at radius 3 is 2.63 bits per heavy atom. The molecule has 0 saturated heterocycles. The van der Waals surface area contributed by atoms with Crippen molar-refractivity contribution in [2.24, 2.45) is 0 Å². The van der Waals surface area contributed by atoms with Gasteiger partial charge in [0.25, 0.3) is 0 Å². The van der Waals surface area contributed by atoms with E-state index in [1.165, 1.54) is 5.56 Å². The Kier molecular flexibility index (Phi) is 7.45. The van der Waals surface area contributed by atoms with Gasteiger partial charge in [-0.3, -0.25) is 4.79 Å². The molecule has 2 aromatic rings. The van der Waals surface area contributed by atoms with Crippen molar-refractivity contribution in [3.8, 4) is 0 Å². The second-order valence-electron chi connectivity index (χ2n) is 8.23. The third kappa shape index (κ3) is 7.08. The molecule has 4 N–H and O–H groups in total. The number of nitrogens with one attached hydrogen (secondary N) is 2. The van der Waals surface area contributed by atoms with Crippen LogP contribution in [0.15, 0.2) is 24.3 Å². The molecule has 1 heterocycles. The number of carbonyl (C=O) groups is 1. The lowest BCUT2D eigenvalue weighted by molar-refractivity contribution is -0.122. The predicted octanol–water partition coefficient (Wildman–Crippen LogP) is 4.66. The van der Waals surface area contributed by atoms with Crippen molar-refractivity contribution < 1.29 is 4.79 Å². The summed E-state index contributed by atoms with van der Waals surface area (Å²) in [6, 6.07) is 8.41. The van der Waals surface area contributed by atoms with Crippen LogP contribution in [0.4, 0.5) is 11.5 Å². The number of unbranched alkanes of at least 4 members (excludes halogenated alkanes) is 2. The fraction of sp³-hybridized carbons (Fsp3) is 0.545. The number of pyridine rings is 1. The number of nitrogens with two attached hydrogens (primary N) is 1. The summed E-state index contributed by atoms with van der Waals surface area (Å²) >= 11 is 0. The van der Waals surface area contributed by atoms with Gasteiger partial charge >= 0.3 is 0 Å². The van der Waals surface area contributed by atoms with E-state index >= 15 is 0 Å². The maximum Gasteiger partial charge on any atom is 0.220 e. The van der Waals surface area contributed by atoms with Crippen LogP contribution in [0.1, 0.15) is 65.4 Å². The van der Waals surface area contributed by atoms with E-state index in [2.05, 4.69) is 40.7 Å². The Balaban J connectivity index is 1.93. The Labute approximate surface area is 163 Å². The molecule has 0 fully saturated rings. The van der Waals surface area contributed by atoms with E-state index in [1.807, 2.05) is 26.8 Å². The third-order valence-corrected chi connectivity index (χ3v) is 4.39. The van der Waals surface area contributed by atoms with Gasteiger partial charge in [-0.1, -0.05) is 19.4 Å². The maximum atomic E-state index is 11.9. The third-order valence-electron chi connectivity index (χ3n) is 4.39. The highest BCUT2D eigenvalue weighted by Gasteiger charge is 2.13. The van der Waals surface area contributed by atoms with Crippen LogP contribution in [0.2, 0.25) is 0 Å². The number of aryl methyl sites for hydroxylation is 1. The maximum absolute atomic E-state index is 11.9. The van der Waals surface area contributed by atoms with Crippen LogP contribution in [-0.2, 0) is 11.2 Å². The number of nitrogens with zero attached hydrogens (tertiary/aromatic N) is 1. The predicted molar refractivity (Wildman–Crippen MR) is 115 cm³/mol. The lowest BCUT2D eigenvalue weighted by Gasteiger charge is -2.20. The first kappa shape index (κ1) is 21.0. The van der Waals surface area contributed by atoms with Crippen LogP contribution in [0.3, 0.4) is 0 Å². The summed E-state index contributed by atoms with van der Waals surface area (Å²) < 4.78 is 0. The van der Waals surface area contributed by atoms with Crippen molar-refractivity contribution in [1.29, 1.82) is 0 Å². The summed E-state index contributed by atoms with van der Waals surface area (Å²) in [6.07, 6.45) is 5.68. The second-order valence-corrected chi connectivity index (χ2v) is 8.23. The van der Waals surface area contributed by atoms with Crippen LogP contribution >= 0.6 is 0 Å². The topological polar surface area (TPSA) is 80.0 Å². The molecule has 0 radical (unpaired) electrons. The minimum absolute atomic E-state index is 0.128. The molecule has 0 aliphatic carbocycles. The van der Waals surface area contributed by atoms with E-state index in [4.69, 9.17) is 5.73 Å². The van der Waals surface area contributed by atoms with Crippen LogP contribution in [0.5, 0.6) is 0 Å². The van der Waals surface area contributed by atoms with Crippen molar-refractivity contribution in [1.82, 2.24) is 10.3 Å². The molecule has 1 amide bonds. The van der Waals surface area contributed by atoms with Crippen molar-refractivity contribution in [3.05, 3.63) is 29.8 Å². The number of hydrogen-bond acceptors (Lipinski definition) is 4. The summed E-state index contributed by atoms with van der Waals surface area (Å²) in [4.78, 5) is 16.4. The smallest absolute Gasteiger partial charge is 0.220 e. The molecule has 1 aromatic carbocycles. The molecule has 5 heteroatoms. The molecule has 0 aliphatic heterocycles. The molecule has 0 bridgehead atoms. The first-order valence-corrected chi connectivity index (χ1v) is 10.0. The standard InChI is InChI=1S/C22H34N4O/c1-5-6-13-24-19-15-17-14-16(11-12-18(17)25-21(19)23)9-7-8-10-20(27)26-22(2,3)4/h11-12,14-15,24H,5-10,13H2,1-4H3,(H2,23,25)(H,26,27).